The molecule has 0 aromatic heterocycles. The number of ether oxygens (including phenoxy) is 4. The van der Waals surface area contributed by atoms with Crippen LogP contribution in [0.1, 0.15) is 174 Å². The number of esters is 1. The molecule has 65 heavy (non-hydrogen) atoms. The van der Waals surface area contributed by atoms with Crippen molar-refractivity contribution in [3.05, 3.63) is 85.1 Å². The van der Waals surface area contributed by atoms with Gasteiger partial charge in [-0.15, -0.1) is 0 Å². The van der Waals surface area contributed by atoms with Gasteiger partial charge in [-0.1, -0.05) is 170 Å². The minimum absolute atomic E-state index is 0.0103. The molecule has 1 aliphatic rings. The van der Waals surface area contributed by atoms with E-state index in [1.165, 1.54) is 70.6 Å². The van der Waals surface area contributed by atoms with Crippen LogP contribution in [0.5, 0.6) is 0 Å². The maximum atomic E-state index is 12.9. The molecule has 0 saturated carbocycles. The molecule has 0 bridgehead atoms. The first-order valence-corrected chi connectivity index (χ1v) is 26.2. The third kappa shape index (κ3) is 36.1. The molecular formula is C52H88O12S. The minimum atomic E-state index is -5.08. The fourth-order valence-electron chi connectivity index (χ4n) is 7.04. The van der Waals surface area contributed by atoms with Crippen molar-refractivity contribution in [1.29, 1.82) is 0 Å². The van der Waals surface area contributed by atoms with Crippen LogP contribution in [0.15, 0.2) is 85.1 Å². The molecular weight excluding hydrogens is 849 g/mol. The number of aliphatic hydroxyl groups excluding tert-OH is 3. The Morgan fingerprint density at radius 3 is 1.57 bits per heavy atom. The van der Waals surface area contributed by atoms with Gasteiger partial charge in [-0.05, 0) is 83.5 Å². The first-order chi connectivity index (χ1) is 31.6. The summed E-state index contributed by atoms with van der Waals surface area (Å²) in [4.78, 5) is 12.9. The van der Waals surface area contributed by atoms with Crippen molar-refractivity contribution in [2.75, 3.05) is 26.4 Å². The second kappa shape index (κ2) is 42.6. The molecule has 374 valence electrons. The van der Waals surface area contributed by atoms with Gasteiger partial charge in [0.15, 0.2) is 6.29 Å². The number of carbonyl (C=O) groups excluding carboxylic acids is 1. The molecule has 1 saturated heterocycles. The Labute approximate surface area is 393 Å². The van der Waals surface area contributed by atoms with E-state index in [2.05, 4.69) is 103 Å². The maximum absolute atomic E-state index is 12.9. The second-order valence-corrected chi connectivity index (χ2v) is 17.7. The normalized spacial score (nSPS) is 20.4. The predicted octanol–water partition coefficient (Wildman–Crippen LogP) is 11.2. The lowest BCUT2D eigenvalue weighted by molar-refractivity contribution is -0.301. The zero-order valence-corrected chi connectivity index (χ0v) is 40.8. The summed E-state index contributed by atoms with van der Waals surface area (Å²) in [7, 11) is -5.08. The van der Waals surface area contributed by atoms with Gasteiger partial charge in [0.05, 0.1) is 19.8 Å². The highest BCUT2D eigenvalue weighted by Crippen LogP contribution is 2.26. The zero-order valence-electron chi connectivity index (χ0n) is 40.0. The lowest BCUT2D eigenvalue weighted by Gasteiger charge is -2.41. The van der Waals surface area contributed by atoms with Gasteiger partial charge in [0.2, 0.25) is 0 Å². The monoisotopic (exact) mass is 937 g/mol. The average molecular weight is 937 g/mol. The number of unbranched alkanes of at least 4 members (excludes halogenated alkanes) is 15. The van der Waals surface area contributed by atoms with Gasteiger partial charge in [0.1, 0.15) is 30.5 Å². The van der Waals surface area contributed by atoms with E-state index in [1.807, 2.05) is 0 Å². The predicted molar refractivity (Wildman–Crippen MR) is 262 cm³/mol. The maximum Gasteiger partial charge on any atom is 0.397 e. The number of hydrogen-bond donors (Lipinski definition) is 4. The smallest absolute Gasteiger partial charge is 0.397 e. The van der Waals surface area contributed by atoms with E-state index in [9.17, 15) is 33.1 Å². The Bertz CT molecular complexity index is 1450. The number of aliphatic hydroxyl groups is 3. The molecule has 0 radical (unpaired) electrons. The molecule has 4 N–H and O–H groups in total. The van der Waals surface area contributed by atoms with Crippen molar-refractivity contribution in [2.24, 2.45) is 0 Å². The van der Waals surface area contributed by atoms with Gasteiger partial charge in [0.25, 0.3) is 0 Å². The minimum Gasteiger partial charge on any atom is -0.457 e. The molecule has 0 spiro atoms. The topological polar surface area (TPSA) is 178 Å². The molecule has 6 atom stereocenters. The second-order valence-electron chi connectivity index (χ2n) is 16.7. The van der Waals surface area contributed by atoms with Crippen LogP contribution in [0.25, 0.3) is 0 Å². The summed E-state index contributed by atoms with van der Waals surface area (Å²) in [5.41, 5.74) is 0. The van der Waals surface area contributed by atoms with Crippen LogP contribution < -0.4 is 0 Å². The third-order valence-corrected chi connectivity index (χ3v) is 11.2. The standard InChI is InChI=1S/C52H88O12S/c1-3-5-7-9-11-13-15-17-19-21-23-24-26-28-30-32-34-36-38-40-42-60-44-46(45-61-52-50(56)51(64-65(57,58)59)49(55)47(43-53)63-52)62-48(54)41-39-37-35-33-31-29-27-25-22-20-18-16-14-12-10-8-6-4-2/h5,7,11,13,17,19-20,22-24,28,30,34,36,46-47,49-53,55-56H,3-4,6,8-10,12,14-16,18,21,25-27,29,31-33,35,37-45H2,1-2H3,(H,57,58,59)/b7-5-,13-11-,19-17-,22-20-,24-23-,30-28-,36-34-. The molecule has 0 amide bonds. The van der Waals surface area contributed by atoms with Crippen molar-refractivity contribution >= 4 is 16.4 Å². The molecule has 13 heteroatoms. The molecule has 0 aliphatic carbocycles. The van der Waals surface area contributed by atoms with Gasteiger partial charge in [-0.3, -0.25) is 9.35 Å². The molecule has 0 aromatic carbocycles. The molecule has 0 aromatic rings. The van der Waals surface area contributed by atoms with E-state index < -0.39 is 59.8 Å². The third-order valence-electron chi connectivity index (χ3n) is 10.8. The van der Waals surface area contributed by atoms with E-state index in [0.29, 0.717) is 13.0 Å². The van der Waals surface area contributed by atoms with Gasteiger partial charge >= 0.3 is 16.4 Å². The first kappa shape index (κ1) is 60.3. The van der Waals surface area contributed by atoms with Crippen LogP contribution in [0.3, 0.4) is 0 Å². The Morgan fingerprint density at radius 2 is 1.06 bits per heavy atom. The summed E-state index contributed by atoms with van der Waals surface area (Å²) >= 11 is 0. The van der Waals surface area contributed by atoms with E-state index in [4.69, 9.17) is 18.9 Å². The highest BCUT2D eigenvalue weighted by atomic mass is 32.3. The fourth-order valence-corrected chi connectivity index (χ4v) is 7.54. The molecule has 1 heterocycles. The molecule has 1 rings (SSSR count). The van der Waals surface area contributed by atoms with Crippen LogP contribution in [-0.2, 0) is 38.3 Å². The van der Waals surface area contributed by atoms with Crippen LogP contribution >= 0.6 is 0 Å². The SMILES string of the molecule is CC/C=C\C/C=C\C/C=C\C/C=C\C/C=C\C/C=C\CCCOCC(COC1OC(CO)C(O)C(OS(=O)(=O)O)C1O)OC(=O)CCCCCCCCC/C=C\CCCCCCCCC. The van der Waals surface area contributed by atoms with Crippen molar-refractivity contribution in [3.63, 3.8) is 0 Å². The highest BCUT2D eigenvalue weighted by Gasteiger charge is 2.48. The van der Waals surface area contributed by atoms with Gasteiger partial charge < -0.3 is 34.3 Å². The number of allylic oxidation sites excluding steroid dienone is 14. The average Bonchev–Trinajstić information content (AvgIpc) is 3.28. The lowest BCUT2D eigenvalue weighted by Crippen LogP contribution is -2.60. The Balaban J connectivity index is 2.44. The van der Waals surface area contributed by atoms with Crippen LogP contribution in [0, 0.1) is 0 Å². The van der Waals surface area contributed by atoms with Crippen molar-refractivity contribution < 1.29 is 56.2 Å². The summed E-state index contributed by atoms with van der Waals surface area (Å²) in [5, 5.41) is 30.7. The van der Waals surface area contributed by atoms with Gasteiger partial charge in [-0.2, -0.15) is 8.42 Å². The quantitative estimate of drug-likeness (QED) is 0.0197. The summed E-state index contributed by atoms with van der Waals surface area (Å²) < 4.78 is 59.1. The van der Waals surface area contributed by atoms with E-state index >= 15 is 0 Å². The summed E-state index contributed by atoms with van der Waals surface area (Å²) in [6, 6.07) is 0. The Hall–Kier alpha value is -2.72. The molecule has 1 aliphatic heterocycles. The molecule has 12 nitrogen and oxygen atoms in total. The highest BCUT2D eigenvalue weighted by molar-refractivity contribution is 7.80. The van der Waals surface area contributed by atoms with Gasteiger partial charge in [0, 0.05) is 13.0 Å². The first-order valence-electron chi connectivity index (χ1n) is 24.8. The van der Waals surface area contributed by atoms with E-state index in [-0.39, 0.29) is 19.6 Å². The van der Waals surface area contributed by atoms with Crippen molar-refractivity contribution in [1.82, 2.24) is 0 Å². The summed E-state index contributed by atoms with van der Waals surface area (Å²) in [6.07, 6.45) is 47.7. The Morgan fingerprint density at radius 1 is 0.600 bits per heavy atom. The number of carbonyl (C=O) groups is 1. The van der Waals surface area contributed by atoms with Crippen LogP contribution in [-0.4, -0.2) is 97.5 Å². The van der Waals surface area contributed by atoms with E-state index in [1.54, 1.807) is 0 Å². The van der Waals surface area contributed by atoms with Crippen LogP contribution in [0.2, 0.25) is 0 Å². The molecule has 6 unspecified atom stereocenters. The van der Waals surface area contributed by atoms with Crippen molar-refractivity contribution in [3.8, 4) is 0 Å². The fraction of sp³-hybridized carbons (Fsp3) is 0.712. The molecule has 1 fully saturated rings. The lowest BCUT2D eigenvalue weighted by atomic mass is 9.99. The number of hydrogen-bond acceptors (Lipinski definition) is 11. The van der Waals surface area contributed by atoms with E-state index in [0.717, 1.165) is 77.0 Å². The summed E-state index contributed by atoms with van der Waals surface area (Å²) in [5.74, 6) is -0.426. The van der Waals surface area contributed by atoms with Crippen LogP contribution in [0.4, 0.5) is 0 Å². The zero-order chi connectivity index (χ0) is 47.5. The van der Waals surface area contributed by atoms with Crippen molar-refractivity contribution in [2.45, 2.75) is 211 Å². The Kier molecular flexibility index (Phi) is 39.5. The number of rotatable bonds is 42. The van der Waals surface area contributed by atoms with Gasteiger partial charge in [-0.25, -0.2) is 4.18 Å². The largest absolute Gasteiger partial charge is 0.457 e. The summed E-state index contributed by atoms with van der Waals surface area (Å²) in [6.45, 7) is 3.71.